The molecular formula is C15H33IOSi. The van der Waals surface area contributed by atoms with E-state index in [0.717, 1.165) is 0 Å². The van der Waals surface area contributed by atoms with E-state index in [-0.39, 0.29) is 0 Å². The van der Waals surface area contributed by atoms with Gasteiger partial charge in [-0.05, 0) is 41.8 Å². The summed E-state index contributed by atoms with van der Waals surface area (Å²) in [5.74, 6) is 0. The Morgan fingerprint density at radius 3 is 2.06 bits per heavy atom. The molecule has 0 aliphatic rings. The molecule has 0 heterocycles. The molecule has 110 valence electrons. The quantitative estimate of drug-likeness (QED) is 0.200. The van der Waals surface area contributed by atoms with Crippen LogP contribution >= 0.6 is 22.6 Å². The SMILES string of the molecule is CCCCC[C@H](CCCI)O[Si](C)(C)C(C)(C)C. The van der Waals surface area contributed by atoms with Crippen LogP contribution in [-0.2, 0) is 4.43 Å². The molecule has 0 saturated carbocycles. The van der Waals surface area contributed by atoms with E-state index in [2.05, 4.69) is 63.4 Å². The zero-order chi connectivity index (χ0) is 14.2. The minimum absolute atomic E-state index is 0.334. The summed E-state index contributed by atoms with van der Waals surface area (Å²) in [6.45, 7) is 14.0. The van der Waals surface area contributed by atoms with Gasteiger partial charge in [-0.2, -0.15) is 0 Å². The number of alkyl halides is 1. The first-order valence-corrected chi connectivity index (χ1v) is 11.9. The van der Waals surface area contributed by atoms with E-state index in [0.29, 0.717) is 11.1 Å². The van der Waals surface area contributed by atoms with Gasteiger partial charge in [0.05, 0.1) is 0 Å². The smallest absolute Gasteiger partial charge is 0.192 e. The Hall–Kier alpha value is 0.907. The summed E-state index contributed by atoms with van der Waals surface area (Å²) >= 11 is 2.48. The molecular weight excluding hydrogens is 351 g/mol. The Bertz CT molecular complexity index is 211. The second-order valence-electron chi connectivity index (χ2n) is 6.83. The van der Waals surface area contributed by atoms with Crippen molar-refractivity contribution in [2.45, 2.75) is 90.5 Å². The number of halogens is 1. The third-order valence-electron chi connectivity index (χ3n) is 4.06. The molecule has 0 saturated heterocycles. The Kier molecular flexibility index (Phi) is 9.41. The van der Waals surface area contributed by atoms with Crippen LogP contribution in [0.1, 0.15) is 66.2 Å². The lowest BCUT2D eigenvalue weighted by molar-refractivity contribution is 0.157. The van der Waals surface area contributed by atoms with Crippen molar-refractivity contribution in [1.29, 1.82) is 0 Å². The molecule has 0 aliphatic heterocycles. The van der Waals surface area contributed by atoms with Crippen molar-refractivity contribution >= 4 is 30.9 Å². The van der Waals surface area contributed by atoms with E-state index < -0.39 is 8.32 Å². The predicted molar refractivity (Wildman–Crippen MR) is 94.3 cm³/mol. The largest absolute Gasteiger partial charge is 0.414 e. The highest BCUT2D eigenvalue weighted by atomic mass is 127. The topological polar surface area (TPSA) is 9.23 Å². The maximum Gasteiger partial charge on any atom is 0.192 e. The molecule has 0 radical (unpaired) electrons. The summed E-state index contributed by atoms with van der Waals surface area (Å²) in [5, 5.41) is 0.334. The zero-order valence-corrected chi connectivity index (χ0v) is 16.5. The minimum Gasteiger partial charge on any atom is -0.414 e. The van der Waals surface area contributed by atoms with Crippen molar-refractivity contribution in [3.05, 3.63) is 0 Å². The molecule has 0 bridgehead atoms. The average Bonchev–Trinajstić information content (AvgIpc) is 2.24. The molecule has 0 aromatic rings. The van der Waals surface area contributed by atoms with Crippen LogP contribution in [0.2, 0.25) is 18.1 Å². The van der Waals surface area contributed by atoms with Crippen molar-refractivity contribution in [2.24, 2.45) is 0 Å². The summed E-state index contributed by atoms with van der Waals surface area (Å²) in [4.78, 5) is 0. The summed E-state index contributed by atoms with van der Waals surface area (Å²) in [6, 6.07) is 0. The summed E-state index contributed by atoms with van der Waals surface area (Å²) in [6.07, 6.45) is 8.30. The van der Waals surface area contributed by atoms with Gasteiger partial charge in [0.15, 0.2) is 8.32 Å². The van der Waals surface area contributed by atoms with Gasteiger partial charge >= 0.3 is 0 Å². The van der Waals surface area contributed by atoms with Crippen molar-refractivity contribution in [2.75, 3.05) is 4.43 Å². The number of hydrogen-bond acceptors (Lipinski definition) is 1. The molecule has 0 aromatic carbocycles. The van der Waals surface area contributed by atoms with Crippen molar-refractivity contribution < 1.29 is 4.43 Å². The van der Waals surface area contributed by atoms with Gasteiger partial charge in [-0.1, -0.05) is 69.5 Å². The van der Waals surface area contributed by atoms with Crippen molar-refractivity contribution in [1.82, 2.24) is 0 Å². The fraction of sp³-hybridized carbons (Fsp3) is 1.00. The summed E-state index contributed by atoms with van der Waals surface area (Å²) in [5.41, 5.74) is 0. The molecule has 0 rings (SSSR count). The first kappa shape index (κ1) is 18.9. The number of rotatable bonds is 9. The van der Waals surface area contributed by atoms with Gasteiger partial charge in [-0.15, -0.1) is 0 Å². The van der Waals surface area contributed by atoms with E-state index in [1.54, 1.807) is 0 Å². The van der Waals surface area contributed by atoms with Gasteiger partial charge in [0.1, 0.15) is 0 Å². The molecule has 0 amide bonds. The Labute approximate surface area is 130 Å². The lowest BCUT2D eigenvalue weighted by Gasteiger charge is -2.39. The van der Waals surface area contributed by atoms with Crippen LogP contribution in [0.15, 0.2) is 0 Å². The Balaban J connectivity index is 4.37. The van der Waals surface area contributed by atoms with Crippen LogP contribution in [0.25, 0.3) is 0 Å². The summed E-state index contributed by atoms with van der Waals surface area (Å²) < 4.78 is 7.84. The third-order valence-corrected chi connectivity index (χ3v) is 9.35. The fourth-order valence-corrected chi connectivity index (χ4v) is 3.65. The van der Waals surface area contributed by atoms with Gasteiger partial charge in [-0.25, -0.2) is 0 Å². The number of unbranched alkanes of at least 4 members (excludes halogenated alkanes) is 2. The monoisotopic (exact) mass is 384 g/mol. The van der Waals surface area contributed by atoms with Crippen molar-refractivity contribution in [3.8, 4) is 0 Å². The van der Waals surface area contributed by atoms with Crippen LogP contribution < -0.4 is 0 Å². The third kappa shape index (κ3) is 7.48. The lowest BCUT2D eigenvalue weighted by atomic mass is 10.1. The van der Waals surface area contributed by atoms with Crippen LogP contribution in [0.3, 0.4) is 0 Å². The van der Waals surface area contributed by atoms with E-state index in [4.69, 9.17) is 4.43 Å². The van der Waals surface area contributed by atoms with Gasteiger partial charge in [0.25, 0.3) is 0 Å². The number of hydrogen-bond donors (Lipinski definition) is 0. The first-order valence-electron chi connectivity index (χ1n) is 7.48. The maximum absolute atomic E-state index is 6.59. The van der Waals surface area contributed by atoms with Gasteiger partial charge in [0, 0.05) is 6.10 Å². The highest BCUT2D eigenvalue weighted by Crippen LogP contribution is 2.38. The fourth-order valence-electron chi connectivity index (χ4n) is 1.78. The van der Waals surface area contributed by atoms with Crippen LogP contribution in [0, 0.1) is 0 Å². The molecule has 0 unspecified atom stereocenters. The molecule has 0 aromatic heterocycles. The van der Waals surface area contributed by atoms with E-state index in [1.165, 1.54) is 43.0 Å². The van der Waals surface area contributed by atoms with E-state index in [1.807, 2.05) is 0 Å². The van der Waals surface area contributed by atoms with Crippen molar-refractivity contribution in [3.63, 3.8) is 0 Å². The average molecular weight is 384 g/mol. The highest BCUT2D eigenvalue weighted by Gasteiger charge is 2.38. The van der Waals surface area contributed by atoms with Gasteiger partial charge < -0.3 is 4.43 Å². The highest BCUT2D eigenvalue weighted by molar-refractivity contribution is 14.1. The summed E-state index contributed by atoms with van der Waals surface area (Å²) in [7, 11) is -1.58. The van der Waals surface area contributed by atoms with Crippen LogP contribution in [0.4, 0.5) is 0 Å². The van der Waals surface area contributed by atoms with Crippen LogP contribution in [-0.4, -0.2) is 18.8 Å². The molecule has 0 fully saturated rings. The normalized spacial score (nSPS) is 14.8. The second-order valence-corrected chi connectivity index (χ2v) is 12.7. The molecule has 0 spiro atoms. The minimum atomic E-state index is -1.58. The molecule has 1 atom stereocenters. The molecule has 3 heteroatoms. The molecule has 18 heavy (non-hydrogen) atoms. The second kappa shape index (κ2) is 8.96. The van der Waals surface area contributed by atoms with Gasteiger partial charge in [0.2, 0.25) is 0 Å². The first-order chi connectivity index (χ1) is 8.24. The Morgan fingerprint density at radius 1 is 1.06 bits per heavy atom. The Morgan fingerprint density at radius 2 is 1.61 bits per heavy atom. The predicted octanol–water partition coefficient (Wildman–Crippen LogP) is 6.17. The standard InChI is InChI=1S/C15H33IOSi/c1-7-8-9-11-14(12-10-13-16)17-18(5,6)15(2,3)4/h14H,7-13H2,1-6H3/t14-/m1/s1. The van der Waals surface area contributed by atoms with E-state index in [9.17, 15) is 0 Å². The van der Waals surface area contributed by atoms with E-state index >= 15 is 0 Å². The maximum atomic E-state index is 6.59. The lowest BCUT2D eigenvalue weighted by Crippen LogP contribution is -2.44. The molecule has 1 nitrogen and oxygen atoms in total. The van der Waals surface area contributed by atoms with Crippen LogP contribution in [0.5, 0.6) is 0 Å². The zero-order valence-electron chi connectivity index (χ0n) is 13.3. The molecule has 0 aliphatic carbocycles. The van der Waals surface area contributed by atoms with Gasteiger partial charge in [-0.3, -0.25) is 0 Å². The molecule has 0 N–H and O–H groups in total.